The lowest BCUT2D eigenvalue weighted by molar-refractivity contribution is -0.153. The van der Waals surface area contributed by atoms with E-state index < -0.39 is 53.5 Å². The fraction of sp³-hybridized carbons (Fsp3) is 0.500. The Bertz CT molecular complexity index is 1620. The first-order chi connectivity index (χ1) is 23.2. The second-order valence-electron chi connectivity index (χ2n) is 13.3. The van der Waals surface area contributed by atoms with E-state index in [1.54, 1.807) is 20.2 Å². The highest BCUT2D eigenvalue weighted by Gasteiger charge is 2.64. The summed E-state index contributed by atoms with van der Waals surface area (Å²) in [5.74, 6) is -1.12. The molecule has 0 saturated carbocycles. The Kier molecular flexibility index (Phi) is 11.8. The summed E-state index contributed by atoms with van der Waals surface area (Å²) in [6.45, 7) is 9.42. The number of nitrogens with zero attached hydrogens (tertiary/aromatic N) is 2. The van der Waals surface area contributed by atoms with Crippen LogP contribution in [0.1, 0.15) is 58.1 Å². The van der Waals surface area contributed by atoms with Crippen molar-refractivity contribution < 1.29 is 33.7 Å². The summed E-state index contributed by atoms with van der Waals surface area (Å²) in [5.41, 5.74) is 0.805. The van der Waals surface area contributed by atoms with Crippen molar-refractivity contribution >= 4 is 56.8 Å². The van der Waals surface area contributed by atoms with Crippen LogP contribution >= 0.6 is 33.2 Å². The first-order valence-corrected chi connectivity index (χ1v) is 19.1. The summed E-state index contributed by atoms with van der Waals surface area (Å²) in [6.07, 6.45) is 5.20. The second-order valence-corrected chi connectivity index (χ2v) is 16.2. The van der Waals surface area contributed by atoms with E-state index in [4.69, 9.17) is 25.8 Å². The van der Waals surface area contributed by atoms with E-state index in [0.717, 1.165) is 21.7 Å². The average molecular weight is 730 g/mol. The van der Waals surface area contributed by atoms with Gasteiger partial charge < -0.3 is 24.2 Å². The molecule has 4 heterocycles. The van der Waals surface area contributed by atoms with E-state index >= 15 is 0 Å². The number of benzene rings is 1. The SMILES string of the molecule is C/C1=C\C=C\C(C)C2(O)CC(OC(=O)N2)C(C)C2OC2(C)C(OC(=O)CCSSc2ccccn2)CC(=O)N(C)c2cc(cc(C)c2Cl)C1. The Morgan fingerprint density at radius 2 is 2.02 bits per heavy atom. The van der Waals surface area contributed by atoms with E-state index in [-0.39, 0.29) is 25.2 Å². The number of aliphatic hydroxyl groups is 1. The van der Waals surface area contributed by atoms with Gasteiger partial charge in [-0.1, -0.05) is 72.2 Å². The summed E-state index contributed by atoms with van der Waals surface area (Å²) in [4.78, 5) is 45.7. The van der Waals surface area contributed by atoms with Gasteiger partial charge in [0.05, 0.1) is 29.7 Å². The number of nitrogens with one attached hydrogen (secondary N) is 1. The van der Waals surface area contributed by atoms with E-state index in [2.05, 4.69) is 10.3 Å². The fourth-order valence-corrected chi connectivity index (χ4v) is 8.47. The first kappa shape index (κ1) is 37.2. The number of pyridine rings is 1. The number of hydrogen-bond donors (Lipinski definition) is 2. The van der Waals surface area contributed by atoms with Crippen molar-refractivity contribution in [3.8, 4) is 0 Å². The molecule has 5 rings (SSSR count). The van der Waals surface area contributed by atoms with Crippen LogP contribution in [0.25, 0.3) is 0 Å². The molecular weight excluding hydrogens is 686 g/mol. The summed E-state index contributed by atoms with van der Waals surface area (Å²) in [7, 11) is 4.62. The smallest absolute Gasteiger partial charge is 0.409 e. The summed E-state index contributed by atoms with van der Waals surface area (Å²) in [6, 6.07) is 9.54. The molecule has 2 N–H and O–H groups in total. The quantitative estimate of drug-likeness (QED) is 0.142. The lowest BCUT2D eigenvalue weighted by atomic mass is 9.82. The Morgan fingerprint density at radius 3 is 2.76 bits per heavy atom. The molecule has 2 aromatic rings. The van der Waals surface area contributed by atoms with Gasteiger partial charge in [-0.05, 0) is 67.3 Å². The number of epoxide rings is 1. The topological polar surface area (TPSA) is 131 Å². The summed E-state index contributed by atoms with van der Waals surface area (Å²) < 4.78 is 18.0. The van der Waals surface area contributed by atoms with Gasteiger partial charge in [-0.3, -0.25) is 14.9 Å². The second kappa shape index (κ2) is 15.5. The lowest BCUT2D eigenvalue weighted by Crippen LogP contribution is -2.60. The fourth-order valence-electron chi connectivity index (χ4n) is 6.39. The number of esters is 1. The van der Waals surface area contributed by atoms with E-state index in [9.17, 15) is 19.5 Å². The van der Waals surface area contributed by atoms with Crippen LogP contribution in [0, 0.1) is 18.8 Å². The molecular formula is C36H44ClN3O7S2. The number of alkyl carbamates (subject to hydrolysis) is 1. The third-order valence-electron chi connectivity index (χ3n) is 9.53. The van der Waals surface area contributed by atoms with E-state index in [1.807, 2.05) is 76.3 Å². The van der Waals surface area contributed by atoms with Crippen LogP contribution < -0.4 is 10.2 Å². The minimum atomic E-state index is -1.56. The molecule has 2 amide bonds. The molecule has 0 aliphatic carbocycles. The number of rotatable bonds is 6. The van der Waals surface area contributed by atoms with Crippen LogP contribution in [0.3, 0.4) is 0 Å². The summed E-state index contributed by atoms with van der Waals surface area (Å²) >= 11 is 6.75. The van der Waals surface area contributed by atoms with Crippen molar-refractivity contribution in [2.24, 2.45) is 11.8 Å². The van der Waals surface area contributed by atoms with Gasteiger partial charge in [-0.2, -0.15) is 0 Å². The molecule has 264 valence electrons. The molecule has 10 nitrogen and oxygen atoms in total. The highest BCUT2D eigenvalue weighted by Crippen LogP contribution is 2.49. The van der Waals surface area contributed by atoms with Crippen LogP contribution in [0.5, 0.6) is 0 Å². The van der Waals surface area contributed by atoms with Gasteiger partial charge in [0, 0.05) is 37.3 Å². The van der Waals surface area contributed by atoms with Gasteiger partial charge in [-0.15, -0.1) is 0 Å². The predicted octanol–water partition coefficient (Wildman–Crippen LogP) is 6.81. The van der Waals surface area contributed by atoms with Crippen LogP contribution in [-0.4, -0.2) is 70.5 Å². The van der Waals surface area contributed by atoms with Crippen LogP contribution in [-0.2, 0) is 30.2 Å². The van der Waals surface area contributed by atoms with Gasteiger partial charge in [0.2, 0.25) is 5.91 Å². The van der Waals surface area contributed by atoms with Crippen LogP contribution in [0.15, 0.2) is 65.4 Å². The van der Waals surface area contributed by atoms with Gasteiger partial charge in [0.15, 0.2) is 0 Å². The van der Waals surface area contributed by atoms with Crippen LogP contribution in [0.4, 0.5) is 10.5 Å². The van der Waals surface area contributed by atoms with Gasteiger partial charge in [-0.25, -0.2) is 9.78 Å². The predicted molar refractivity (Wildman–Crippen MR) is 192 cm³/mol. The standard InChI is InChI=1S/C36H44ClN3O7S2/c1-21-10-9-11-23(3)36(44)20-27(45-34(43)39-36)24(4)33-35(5,47-33)28(46-31(42)13-15-48-49-29-12-7-8-14-38-29)19-30(41)40(6)26-18-25(16-21)17-22(2)32(26)37/h7-12,14,17-18,23-24,27-28,33,44H,13,15-16,19-20H2,1-6H3,(H,39,43)/b11-9+,21-10+. The number of allylic oxidation sites excluding steroid dienone is 3. The third-order valence-corrected chi connectivity index (χ3v) is 12.3. The first-order valence-electron chi connectivity index (χ1n) is 16.4. The highest BCUT2D eigenvalue weighted by atomic mass is 35.5. The number of halogens is 1. The molecule has 1 aromatic carbocycles. The van der Waals surface area contributed by atoms with Gasteiger partial charge in [0.1, 0.15) is 28.6 Å². The van der Waals surface area contributed by atoms with Crippen LogP contribution in [0.2, 0.25) is 5.02 Å². The molecule has 3 aliphatic heterocycles. The number of carbonyl (C=O) groups is 3. The minimum absolute atomic E-state index is 0.116. The number of aromatic nitrogens is 1. The number of fused-ring (bicyclic) bond motifs is 5. The third kappa shape index (κ3) is 8.83. The summed E-state index contributed by atoms with van der Waals surface area (Å²) in [5, 5.41) is 15.5. The van der Waals surface area contributed by atoms with Gasteiger partial charge in [0.25, 0.3) is 0 Å². The highest BCUT2D eigenvalue weighted by molar-refractivity contribution is 8.76. The lowest BCUT2D eigenvalue weighted by Gasteiger charge is -2.41. The van der Waals surface area contributed by atoms with Crippen molar-refractivity contribution in [1.29, 1.82) is 0 Å². The number of carbonyl (C=O) groups excluding carboxylic acids is 3. The molecule has 13 heteroatoms. The molecule has 1 aromatic heterocycles. The molecule has 2 fully saturated rings. The Hall–Kier alpha value is -3.03. The van der Waals surface area contributed by atoms with E-state index in [1.165, 1.54) is 26.5 Å². The number of hydrogen-bond acceptors (Lipinski definition) is 10. The zero-order chi connectivity index (χ0) is 35.5. The maximum Gasteiger partial charge on any atom is 0.409 e. The Morgan fingerprint density at radius 1 is 1.24 bits per heavy atom. The zero-order valence-electron chi connectivity index (χ0n) is 28.6. The molecule has 49 heavy (non-hydrogen) atoms. The molecule has 2 saturated heterocycles. The molecule has 3 aliphatic rings. The Balaban J connectivity index is 1.43. The van der Waals surface area contributed by atoms with Crippen molar-refractivity contribution in [2.45, 2.75) is 95.0 Å². The number of anilines is 1. The molecule has 7 atom stereocenters. The van der Waals surface area contributed by atoms with Crippen molar-refractivity contribution in [2.75, 3.05) is 17.7 Å². The number of amides is 2. The van der Waals surface area contributed by atoms with Crippen molar-refractivity contribution in [3.05, 3.63) is 76.5 Å². The van der Waals surface area contributed by atoms with Gasteiger partial charge >= 0.3 is 12.1 Å². The molecule has 0 spiro atoms. The maximum atomic E-state index is 14.0. The molecule has 4 bridgehead atoms. The van der Waals surface area contributed by atoms with E-state index in [0.29, 0.717) is 22.9 Å². The monoisotopic (exact) mass is 729 g/mol. The normalized spacial score (nSPS) is 32.2. The maximum absolute atomic E-state index is 14.0. The largest absolute Gasteiger partial charge is 0.459 e. The minimum Gasteiger partial charge on any atom is -0.459 e. The molecule has 0 radical (unpaired) electrons. The zero-order valence-corrected chi connectivity index (χ0v) is 31.0. The van der Waals surface area contributed by atoms with Crippen molar-refractivity contribution in [1.82, 2.24) is 10.3 Å². The van der Waals surface area contributed by atoms with Crippen molar-refractivity contribution in [3.63, 3.8) is 0 Å². The number of aryl methyl sites for hydroxylation is 1. The number of ether oxygens (including phenoxy) is 3. The molecule has 7 unspecified atom stereocenters. The Labute approximate surface area is 300 Å². The average Bonchev–Trinajstić information content (AvgIpc) is 3.75.